The number of nitrogens with zero attached hydrogens (tertiary/aromatic N) is 4. The summed E-state index contributed by atoms with van der Waals surface area (Å²) in [7, 11) is 0. The fourth-order valence-corrected chi connectivity index (χ4v) is 2.72. The van der Waals surface area contributed by atoms with Crippen LogP contribution in [0.15, 0.2) is 41.5 Å². The van der Waals surface area contributed by atoms with Crippen LogP contribution in [0.4, 0.5) is 8.78 Å². The summed E-state index contributed by atoms with van der Waals surface area (Å²) >= 11 is 0. The van der Waals surface area contributed by atoms with E-state index in [1.54, 1.807) is 32.0 Å². The molecule has 1 heterocycles. The Morgan fingerprint density at radius 1 is 1.30 bits per heavy atom. The molecule has 0 bridgehead atoms. The smallest absolute Gasteiger partial charge is 0.387 e. The minimum atomic E-state index is -2.88. The zero-order valence-corrected chi connectivity index (χ0v) is 14.7. The molecule has 9 heteroatoms. The first kappa shape index (κ1) is 18.4. The summed E-state index contributed by atoms with van der Waals surface area (Å²) in [4.78, 5) is 12.0. The van der Waals surface area contributed by atoms with Crippen LogP contribution in [0.5, 0.6) is 5.75 Å². The molecule has 27 heavy (non-hydrogen) atoms. The first-order valence-electron chi connectivity index (χ1n) is 8.10. The van der Waals surface area contributed by atoms with Crippen molar-refractivity contribution in [2.24, 2.45) is 5.10 Å². The zero-order chi connectivity index (χ0) is 19.4. The molecular weight excluding hydrogens is 356 g/mol. The Balaban J connectivity index is 1.64. The maximum Gasteiger partial charge on any atom is 0.387 e. The molecule has 0 aliphatic carbocycles. The largest absolute Gasteiger partial charge is 0.434 e. The number of carbonyl (C=O) groups excluding carboxylic acids is 1. The van der Waals surface area contributed by atoms with Gasteiger partial charge >= 0.3 is 6.61 Å². The van der Waals surface area contributed by atoms with Gasteiger partial charge in [0.25, 0.3) is 5.91 Å². The van der Waals surface area contributed by atoms with E-state index in [1.165, 1.54) is 10.9 Å². The molecule has 3 rings (SSSR count). The number of carbonyl (C=O) groups is 1. The summed E-state index contributed by atoms with van der Waals surface area (Å²) in [5.41, 5.74) is 5.61. The maximum absolute atomic E-state index is 12.4. The number of hydrazone groups is 1. The van der Waals surface area contributed by atoms with Gasteiger partial charge in [-0.2, -0.15) is 13.9 Å². The van der Waals surface area contributed by atoms with Crippen molar-refractivity contribution in [1.82, 2.24) is 20.4 Å². The molecular formula is C18H17F2N5O2. The quantitative estimate of drug-likeness (QED) is 0.532. The van der Waals surface area contributed by atoms with Gasteiger partial charge in [-0.15, -0.1) is 5.10 Å². The number of nitrogens with one attached hydrogen (secondary N) is 1. The van der Waals surface area contributed by atoms with Crippen LogP contribution in [-0.4, -0.2) is 33.7 Å². The number of alkyl halides is 2. The van der Waals surface area contributed by atoms with Crippen LogP contribution in [0, 0.1) is 13.8 Å². The molecule has 1 aromatic heterocycles. The Labute approximate surface area is 153 Å². The molecule has 0 unspecified atom stereocenters. The lowest BCUT2D eigenvalue weighted by Gasteiger charge is -2.11. The second-order valence-corrected chi connectivity index (χ2v) is 5.89. The molecule has 0 atom stereocenters. The SMILES string of the molecule is Cc1cc(/C=N\NC(=O)Cn2nnc3ccccc32)cc(C)c1OC(F)F. The highest BCUT2D eigenvalue weighted by Crippen LogP contribution is 2.25. The van der Waals surface area contributed by atoms with E-state index in [0.717, 1.165) is 5.52 Å². The average molecular weight is 373 g/mol. The number of benzene rings is 2. The molecule has 0 saturated carbocycles. The minimum Gasteiger partial charge on any atom is -0.434 e. The van der Waals surface area contributed by atoms with E-state index in [4.69, 9.17) is 0 Å². The monoisotopic (exact) mass is 373 g/mol. The molecule has 1 amide bonds. The third-order valence-electron chi connectivity index (χ3n) is 3.81. The lowest BCUT2D eigenvalue weighted by molar-refractivity contribution is -0.121. The van der Waals surface area contributed by atoms with Gasteiger partial charge in [0.05, 0.1) is 11.7 Å². The van der Waals surface area contributed by atoms with E-state index in [2.05, 4.69) is 25.6 Å². The molecule has 0 radical (unpaired) electrons. The topological polar surface area (TPSA) is 81.4 Å². The summed E-state index contributed by atoms with van der Waals surface area (Å²) in [6, 6.07) is 10.6. The summed E-state index contributed by atoms with van der Waals surface area (Å²) in [6.45, 7) is 0.415. The molecule has 1 N–H and O–H groups in total. The van der Waals surface area contributed by atoms with Gasteiger partial charge in [0, 0.05) is 0 Å². The van der Waals surface area contributed by atoms with Crippen LogP contribution in [0.2, 0.25) is 0 Å². The lowest BCUT2D eigenvalue weighted by atomic mass is 10.1. The predicted molar refractivity (Wildman–Crippen MR) is 95.8 cm³/mol. The Morgan fingerprint density at radius 2 is 2.00 bits per heavy atom. The Kier molecular flexibility index (Phi) is 5.39. The number of halogens is 2. The fourth-order valence-electron chi connectivity index (χ4n) is 2.72. The average Bonchev–Trinajstić information content (AvgIpc) is 3.01. The van der Waals surface area contributed by atoms with Crippen LogP contribution in [-0.2, 0) is 11.3 Å². The van der Waals surface area contributed by atoms with Crippen molar-refractivity contribution < 1.29 is 18.3 Å². The number of ether oxygens (including phenoxy) is 1. The van der Waals surface area contributed by atoms with E-state index >= 15 is 0 Å². The summed E-state index contributed by atoms with van der Waals surface area (Å²) in [5, 5.41) is 11.8. The van der Waals surface area contributed by atoms with Crippen molar-refractivity contribution in [3.05, 3.63) is 53.1 Å². The maximum atomic E-state index is 12.4. The van der Waals surface area contributed by atoms with Gasteiger partial charge in [-0.25, -0.2) is 10.1 Å². The van der Waals surface area contributed by atoms with Gasteiger partial charge in [-0.3, -0.25) is 4.79 Å². The second kappa shape index (κ2) is 7.90. The van der Waals surface area contributed by atoms with Gasteiger partial charge < -0.3 is 4.74 Å². The Bertz CT molecular complexity index is 977. The van der Waals surface area contributed by atoms with Gasteiger partial charge in [0.1, 0.15) is 17.8 Å². The van der Waals surface area contributed by atoms with E-state index in [1.807, 2.05) is 18.2 Å². The van der Waals surface area contributed by atoms with E-state index in [-0.39, 0.29) is 18.2 Å². The van der Waals surface area contributed by atoms with Gasteiger partial charge in [0.2, 0.25) is 0 Å². The van der Waals surface area contributed by atoms with Crippen LogP contribution < -0.4 is 10.2 Å². The highest BCUT2D eigenvalue weighted by molar-refractivity contribution is 5.84. The standard InChI is InChI=1S/C18H17F2N5O2/c1-11-7-13(8-12(2)17(11)27-18(19)20)9-21-23-16(26)10-25-15-6-4-3-5-14(15)22-24-25/h3-9,18H,10H2,1-2H3,(H,23,26)/b21-9-. The van der Waals surface area contributed by atoms with Crippen molar-refractivity contribution in [2.45, 2.75) is 27.0 Å². The van der Waals surface area contributed by atoms with Crippen LogP contribution in [0.3, 0.4) is 0 Å². The van der Waals surface area contributed by atoms with Crippen molar-refractivity contribution in [3.63, 3.8) is 0 Å². The number of hydrogen-bond donors (Lipinski definition) is 1. The predicted octanol–water partition coefficient (Wildman–Crippen LogP) is 2.80. The first-order valence-corrected chi connectivity index (χ1v) is 8.10. The number of aromatic nitrogens is 3. The van der Waals surface area contributed by atoms with E-state index < -0.39 is 6.61 Å². The summed E-state index contributed by atoms with van der Waals surface area (Å²) < 4.78 is 30.8. The lowest BCUT2D eigenvalue weighted by Crippen LogP contribution is -2.23. The third kappa shape index (κ3) is 4.43. The summed E-state index contributed by atoms with van der Waals surface area (Å²) in [5.74, 6) is -0.225. The van der Waals surface area contributed by atoms with E-state index in [0.29, 0.717) is 22.2 Å². The normalized spacial score (nSPS) is 11.4. The molecule has 3 aromatic rings. The van der Waals surface area contributed by atoms with E-state index in [9.17, 15) is 13.6 Å². The van der Waals surface area contributed by atoms with Crippen LogP contribution in [0.25, 0.3) is 11.0 Å². The molecule has 0 fully saturated rings. The number of rotatable bonds is 6. The first-order chi connectivity index (χ1) is 12.9. The molecule has 0 aliphatic heterocycles. The minimum absolute atomic E-state index is 0.0307. The van der Waals surface area contributed by atoms with Crippen molar-refractivity contribution in [2.75, 3.05) is 0 Å². The number of amides is 1. The number of hydrogen-bond acceptors (Lipinski definition) is 5. The second-order valence-electron chi connectivity index (χ2n) is 5.89. The number of fused-ring (bicyclic) bond motifs is 1. The van der Waals surface area contributed by atoms with Crippen molar-refractivity contribution in [3.8, 4) is 5.75 Å². The number of aryl methyl sites for hydroxylation is 2. The fraction of sp³-hybridized carbons (Fsp3) is 0.222. The zero-order valence-electron chi connectivity index (χ0n) is 14.7. The third-order valence-corrected chi connectivity index (χ3v) is 3.81. The van der Waals surface area contributed by atoms with Crippen molar-refractivity contribution in [1.29, 1.82) is 0 Å². The molecule has 2 aromatic carbocycles. The highest BCUT2D eigenvalue weighted by atomic mass is 19.3. The molecule has 0 spiro atoms. The summed E-state index contributed by atoms with van der Waals surface area (Å²) in [6.07, 6.45) is 1.43. The Hall–Kier alpha value is -3.36. The van der Waals surface area contributed by atoms with Gasteiger partial charge in [-0.1, -0.05) is 17.3 Å². The molecule has 0 aliphatic rings. The highest BCUT2D eigenvalue weighted by Gasteiger charge is 2.11. The molecule has 7 nitrogen and oxygen atoms in total. The number of para-hydroxylation sites is 1. The van der Waals surface area contributed by atoms with Crippen LogP contribution in [0.1, 0.15) is 16.7 Å². The van der Waals surface area contributed by atoms with Crippen molar-refractivity contribution >= 4 is 23.2 Å². The molecule has 0 saturated heterocycles. The van der Waals surface area contributed by atoms with Gasteiger partial charge in [0.15, 0.2) is 0 Å². The van der Waals surface area contributed by atoms with Gasteiger partial charge in [-0.05, 0) is 54.8 Å². The van der Waals surface area contributed by atoms with Crippen LogP contribution >= 0.6 is 0 Å². The Morgan fingerprint density at radius 3 is 2.70 bits per heavy atom. The molecule has 140 valence electrons.